The molecule has 114 valence electrons. The Balaban J connectivity index is 3.12. The van der Waals surface area contributed by atoms with E-state index in [2.05, 4.69) is 43.7 Å². The summed E-state index contributed by atoms with van der Waals surface area (Å²) in [5.41, 5.74) is 4.44. The van der Waals surface area contributed by atoms with Crippen molar-refractivity contribution in [3.63, 3.8) is 0 Å². The summed E-state index contributed by atoms with van der Waals surface area (Å²) in [6.45, 7) is 10.1. The number of pyridine rings is 1. The van der Waals surface area contributed by atoms with Gasteiger partial charge in [0.25, 0.3) is 0 Å². The van der Waals surface area contributed by atoms with Crippen LogP contribution < -0.4 is 0 Å². The molecule has 0 fully saturated rings. The van der Waals surface area contributed by atoms with E-state index in [1.165, 1.54) is 5.56 Å². The zero-order chi connectivity index (χ0) is 16.0. The monoisotopic (exact) mass is 286 g/mol. The molecule has 0 amide bonds. The first kappa shape index (κ1) is 17.3. The molecule has 3 heteroatoms. The molecular weight excluding hydrogens is 260 g/mol. The third-order valence-corrected chi connectivity index (χ3v) is 3.39. The third kappa shape index (κ3) is 5.62. The third-order valence-electron chi connectivity index (χ3n) is 3.39. The number of allylic oxidation sites excluding steroid dienone is 2. The van der Waals surface area contributed by atoms with E-state index < -0.39 is 0 Å². The van der Waals surface area contributed by atoms with Gasteiger partial charge in [-0.25, -0.2) is 0 Å². The smallest absolute Gasteiger partial charge is 0.133 e. The Labute approximate surface area is 128 Å². The van der Waals surface area contributed by atoms with Gasteiger partial charge >= 0.3 is 0 Å². The number of hydrogen-bond acceptors (Lipinski definition) is 3. The van der Waals surface area contributed by atoms with Crippen molar-refractivity contribution >= 4 is 11.5 Å². The van der Waals surface area contributed by atoms with Gasteiger partial charge < -0.3 is 0 Å². The molecule has 0 aromatic carbocycles. The topological polar surface area (TPSA) is 42.3 Å². The molecule has 0 saturated heterocycles. The predicted octanol–water partition coefficient (Wildman–Crippen LogP) is 3.95. The number of ketones is 1. The summed E-state index contributed by atoms with van der Waals surface area (Å²) in [7, 11) is 1.80. The summed E-state index contributed by atoms with van der Waals surface area (Å²) in [6, 6.07) is 2.00. The number of aryl methyl sites for hydroxylation is 1. The number of hydrogen-bond donors (Lipinski definition) is 0. The van der Waals surface area contributed by atoms with Crippen LogP contribution in [0.1, 0.15) is 45.2 Å². The quantitative estimate of drug-likeness (QED) is 0.769. The number of Topliss-reactive ketones (excluding diaryl/α,β-unsaturated/α-hetero) is 1. The van der Waals surface area contributed by atoms with Crippen molar-refractivity contribution < 1.29 is 4.79 Å². The molecule has 21 heavy (non-hydrogen) atoms. The van der Waals surface area contributed by atoms with Crippen molar-refractivity contribution in [3.8, 4) is 0 Å². The second-order valence-corrected chi connectivity index (χ2v) is 6.52. The lowest BCUT2D eigenvalue weighted by atomic mass is 9.87. The Hall–Kier alpha value is -1.77. The van der Waals surface area contributed by atoms with Gasteiger partial charge in [-0.1, -0.05) is 26.3 Å². The van der Waals surface area contributed by atoms with E-state index in [1.54, 1.807) is 20.2 Å². The average molecular weight is 286 g/mol. The van der Waals surface area contributed by atoms with Gasteiger partial charge in [0.15, 0.2) is 0 Å². The first-order valence-corrected chi connectivity index (χ1v) is 7.29. The standard InChI is InChI=1S/C18H26N2O/c1-13-7-8-20-12-16(13)10-15(9-14(2)21)11-17(19-6)18(3,4)5/h7-8,11-12H,9-10H2,1-6H3/b15-11-,19-17?. The van der Waals surface area contributed by atoms with Crippen molar-refractivity contribution in [1.82, 2.24) is 4.98 Å². The second-order valence-electron chi connectivity index (χ2n) is 6.52. The van der Waals surface area contributed by atoms with Crippen LogP contribution in [0, 0.1) is 12.3 Å². The minimum atomic E-state index is -0.0270. The first-order valence-electron chi connectivity index (χ1n) is 7.29. The average Bonchev–Trinajstić information content (AvgIpc) is 2.36. The fourth-order valence-corrected chi connectivity index (χ4v) is 2.22. The number of aliphatic imine (C=N–C) groups is 1. The highest BCUT2D eigenvalue weighted by Crippen LogP contribution is 2.21. The molecule has 0 aliphatic heterocycles. The van der Waals surface area contributed by atoms with Crippen molar-refractivity contribution in [3.05, 3.63) is 41.2 Å². The van der Waals surface area contributed by atoms with Crippen LogP contribution >= 0.6 is 0 Å². The summed E-state index contributed by atoms with van der Waals surface area (Å²) in [6.07, 6.45) is 6.95. The van der Waals surface area contributed by atoms with Gasteiger partial charge in [0, 0.05) is 37.0 Å². The van der Waals surface area contributed by atoms with Gasteiger partial charge in [-0.05, 0) is 43.5 Å². The molecule has 0 unspecified atom stereocenters. The zero-order valence-electron chi connectivity index (χ0n) is 14.0. The number of rotatable bonds is 5. The molecule has 1 rings (SSSR count). The molecular formula is C18H26N2O. The van der Waals surface area contributed by atoms with Gasteiger partial charge in [0.2, 0.25) is 0 Å². The van der Waals surface area contributed by atoms with Gasteiger partial charge in [-0.3, -0.25) is 14.8 Å². The summed E-state index contributed by atoms with van der Waals surface area (Å²) in [4.78, 5) is 20.1. The van der Waals surface area contributed by atoms with E-state index in [9.17, 15) is 4.79 Å². The normalized spacial score (nSPS) is 13.4. The molecule has 1 aromatic heterocycles. The van der Waals surface area contributed by atoms with E-state index in [4.69, 9.17) is 0 Å². The summed E-state index contributed by atoms with van der Waals surface area (Å²) >= 11 is 0. The SMILES string of the molecule is CN=C(/C=C(/CC(C)=O)Cc1cnccc1C)C(C)(C)C. The molecule has 0 radical (unpaired) electrons. The van der Waals surface area contributed by atoms with Crippen LogP contribution in [-0.4, -0.2) is 23.5 Å². The Morgan fingerprint density at radius 1 is 1.38 bits per heavy atom. The fraction of sp³-hybridized carbons (Fsp3) is 0.500. The first-order chi connectivity index (χ1) is 9.74. The van der Waals surface area contributed by atoms with Gasteiger partial charge in [-0.2, -0.15) is 0 Å². The van der Waals surface area contributed by atoms with Gasteiger partial charge in [0.05, 0.1) is 0 Å². The minimum Gasteiger partial charge on any atom is -0.300 e. The van der Waals surface area contributed by atoms with E-state index >= 15 is 0 Å². The van der Waals surface area contributed by atoms with Crippen LogP contribution in [0.25, 0.3) is 0 Å². The molecule has 1 heterocycles. The molecule has 1 aromatic rings. The number of carbonyl (C=O) groups is 1. The fourth-order valence-electron chi connectivity index (χ4n) is 2.22. The van der Waals surface area contributed by atoms with Gasteiger partial charge in [0.1, 0.15) is 5.78 Å². The van der Waals surface area contributed by atoms with Crippen LogP contribution in [0.3, 0.4) is 0 Å². The van der Waals surface area contributed by atoms with Crippen molar-refractivity contribution in [2.45, 2.75) is 47.5 Å². The van der Waals surface area contributed by atoms with Crippen LogP contribution in [0.2, 0.25) is 0 Å². The highest BCUT2D eigenvalue weighted by Gasteiger charge is 2.17. The highest BCUT2D eigenvalue weighted by molar-refractivity contribution is 6.00. The number of carbonyl (C=O) groups excluding carboxylic acids is 1. The number of aromatic nitrogens is 1. The second kappa shape index (κ2) is 7.30. The zero-order valence-corrected chi connectivity index (χ0v) is 14.0. The maximum Gasteiger partial charge on any atom is 0.133 e. The predicted molar refractivity (Wildman–Crippen MR) is 88.9 cm³/mol. The van der Waals surface area contributed by atoms with Crippen LogP contribution in [0.4, 0.5) is 0 Å². The molecule has 0 bridgehead atoms. The van der Waals surface area contributed by atoms with E-state index in [-0.39, 0.29) is 11.2 Å². The number of nitrogens with zero attached hydrogens (tertiary/aromatic N) is 2. The summed E-state index contributed by atoms with van der Waals surface area (Å²) in [5, 5.41) is 0. The van der Waals surface area contributed by atoms with E-state index in [0.717, 1.165) is 23.3 Å². The van der Waals surface area contributed by atoms with E-state index in [0.29, 0.717) is 6.42 Å². The van der Waals surface area contributed by atoms with Crippen LogP contribution in [0.5, 0.6) is 0 Å². The lowest BCUT2D eigenvalue weighted by Crippen LogP contribution is -2.19. The molecule has 0 atom stereocenters. The van der Waals surface area contributed by atoms with Crippen LogP contribution in [0.15, 0.2) is 35.1 Å². The van der Waals surface area contributed by atoms with Crippen molar-refractivity contribution in [2.24, 2.45) is 10.4 Å². The molecule has 3 nitrogen and oxygen atoms in total. The molecule has 0 N–H and O–H groups in total. The highest BCUT2D eigenvalue weighted by atomic mass is 16.1. The van der Waals surface area contributed by atoms with Gasteiger partial charge in [-0.15, -0.1) is 0 Å². The van der Waals surface area contributed by atoms with Crippen LogP contribution in [-0.2, 0) is 11.2 Å². The van der Waals surface area contributed by atoms with Crippen molar-refractivity contribution in [1.29, 1.82) is 0 Å². The van der Waals surface area contributed by atoms with E-state index in [1.807, 2.05) is 12.3 Å². The molecule has 0 saturated carbocycles. The minimum absolute atomic E-state index is 0.0270. The lowest BCUT2D eigenvalue weighted by molar-refractivity contribution is -0.116. The summed E-state index contributed by atoms with van der Waals surface area (Å²) in [5.74, 6) is 0.173. The maximum absolute atomic E-state index is 11.6. The van der Waals surface area contributed by atoms with Crippen molar-refractivity contribution in [2.75, 3.05) is 7.05 Å². The molecule has 0 aliphatic rings. The summed E-state index contributed by atoms with van der Waals surface area (Å²) < 4.78 is 0. The maximum atomic E-state index is 11.6. The Morgan fingerprint density at radius 2 is 2.05 bits per heavy atom. The Bertz CT molecular complexity index is 563. The molecule has 0 aliphatic carbocycles. The Morgan fingerprint density at radius 3 is 2.52 bits per heavy atom. The largest absolute Gasteiger partial charge is 0.300 e. The lowest BCUT2D eigenvalue weighted by Gasteiger charge is -2.20. The molecule has 0 spiro atoms. The Kier molecular flexibility index (Phi) is 6.01.